The maximum atomic E-state index is 3.61. The van der Waals surface area contributed by atoms with Gasteiger partial charge in [-0.3, -0.25) is 0 Å². The number of anilines is 2. The molecule has 0 saturated heterocycles. The Morgan fingerprint density at radius 3 is 2.16 bits per heavy atom. The zero-order valence-electron chi connectivity index (χ0n) is 17.6. The molecule has 1 aliphatic carbocycles. The zero-order chi connectivity index (χ0) is 21.0. The van der Waals surface area contributed by atoms with Crippen molar-refractivity contribution in [2.24, 2.45) is 0 Å². The van der Waals surface area contributed by atoms with Gasteiger partial charge in [0.1, 0.15) is 0 Å². The van der Waals surface area contributed by atoms with Crippen LogP contribution in [0.2, 0.25) is 0 Å². The first kappa shape index (κ1) is 18.4. The molecular weight excluding hydrogens is 394 g/mol. The van der Waals surface area contributed by atoms with Gasteiger partial charge in [0.2, 0.25) is 0 Å². The number of thiophene rings is 1. The van der Waals surface area contributed by atoms with Gasteiger partial charge in [0.15, 0.2) is 0 Å². The van der Waals surface area contributed by atoms with Crippen LogP contribution in [0.5, 0.6) is 0 Å². The number of fused-ring (bicyclic) bond motifs is 5. The molecule has 0 unspecified atom stereocenters. The van der Waals surface area contributed by atoms with E-state index in [9.17, 15) is 0 Å². The quantitative estimate of drug-likeness (QED) is 0.310. The summed E-state index contributed by atoms with van der Waals surface area (Å²) in [6.07, 6.45) is 0. The first-order valence-corrected chi connectivity index (χ1v) is 11.5. The van der Waals surface area contributed by atoms with Crippen molar-refractivity contribution in [3.8, 4) is 22.3 Å². The summed E-state index contributed by atoms with van der Waals surface area (Å²) in [7, 11) is 0. The molecule has 150 valence electrons. The third-order valence-electron chi connectivity index (χ3n) is 6.41. The monoisotopic (exact) mass is 417 g/mol. The molecule has 0 aliphatic heterocycles. The Hall–Kier alpha value is -3.36. The van der Waals surface area contributed by atoms with E-state index in [4.69, 9.17) is 0 Å². The molecule has 4 aromatic carbocycles. The highest BCUT2D eigenvalue weighted by Gasteiger charge is 2.38. The Labute approximate surface area is 187 Å². The smallest absolute Gasteiger partial charge is 0.0387 e. The van der Waals surface area contributed by atoms with Crippen molar-refractivity contribution >= 4 is 32.8 Å². The first-order valence-electron chi connectivity index (χ1n) is 10.7. The van der Waals surface area contributed by atoms with Crippen molar-refractivity contribution in [1.82, 2.24) is 0 Å². The molecule has 1 nitrogen and oxygen atoms in total. The van der Waals surface area contributed by atoms with Crippen LogP contribution in [0.3, 0.4) is 0 Å². The molecule has 0 fully saturated rings. The number of nitrogens with one attached hydrogen (secondary N) is 1. The molecule has 2 heteroatoms. The molecule has 0 bridgehead atoms. The standard InChI is InChI=1S/C29H23NS/c1-29(2)25-18-22(30-21-14-12-20(13-15-21)19-8-4-3-5-9-19)16-17-23(25)27-24-10-6-7-11-26(24)31-28(27)29/h3-18,30H,1-2H3. The normalized spacial score (nSPS) is 13.7. The number of hydrogen-bond acceptors (Lipinski definition) is 2. The minimum atomic E-state index is 0.0171. The predicted octanol–water partition coefficient (Wildman–Crippen LogP) is 8.62. The van der Waals surface area contributed by atoms with Crippen LogP contribution in [-0.2, 0) is 5.41 Å². The van der Waals surface area contributed by atoms with Crippen molar-refractivity contribution in [2.45, 2.75) is 19.3 Å². The maximum absolute atomic E-state index is 3.61. The van der Waals surface area contributed by atoms with Crippen molar-refractivity contribution in [1.29, 1.82) is 0 Å². The van der Waals surface area contributed by atoms with Gasteiger partial charge in [-0.2, -0.15) is 0 Å². The lowest BCUT2D eigenvalue weighted by atomic mass is 9.86. The first-order chi connectivity index (χ1) is 15.1. The fraction of sp³-hybridized carbons (Fsp3) is 0.103. The van der Waals surface area contributed by atoms with Gasteiger partial charge in [-0.25, -0.2) is 0 Å². The van der Waals surface area contributed by atoms with Crippen LogP contribution in [-0.4, -0.2) is 0 Å². The minimum absolute atomic E-state index is 0.0171. The molecule has 31 heavy (non-hydrogen) atoms. The Morgan fingerprint density at radius 2 is 1.35 bits per heavy atom. The summed E-state index contributed by atoms with van der Waals surface area (Å²) in [5.41, 5.74) is 8.95. The average molecular weight is 418 g/mol. The van der Waals surface area contributed by atoms with Crippen LogP contribution in [0.15, 0.2) is 97.1 Å². The molecule has 1 N–H and O–H groups in total. The Balaban J connectivity index is 1.35. The molecule has 1 aliphatic rings. The lowest BCUT2D eigenvalue weighted by Crippen LogP contribution is -2.13. The molecule has 5 aromatic rings. The van der Waals surface area contributed by atoms with Crippen LogP contribution in [0.4, 0.5) is 11.4 Å². The molecule has 1 heterocycles. The van der Waals surface area contributed by atoms with Crippen molar-refractivity contribution in [3.05, 3.63) is 108 Å². The van der Waals surface area contributed by atoms with Crippen LogP contribution >= 0.6 is 11.3 Å². The van der Waals surface area contributed by atoms with E-state index in [-0.39, 0.29) is 5.41 Å². The van der Waals surface area contributed by atoms with Crippen LogP contribution in [0.25, 0.3) is 32.3 Å². The summed E-state index contributed by atoms with van der Waals surface area (Å²) in [6, 6.07) is 34.8. The lowest BCUT2D eigenvalue weighted by molar-refractivity contribution is 0.674. The lowest BCUT2D eigenvalue weighted by Gasteiger charge is -2.21. The predicted molar refractivity (Wildman–Crippen MR) is 135 cm³/mol. The molecule has 0 saturated carbocycles. The number of benzene rings is 4. The second-order valence-corrected chi connectivity index (χ2v) is 9.81. The maximum Gasteiger partial charge on any atom is 0.0387 e. The highest BCUT2D eigenvalue weighted by atomic mass is 32.1. The SMILES string of the molecule is CC1(C)c2cc(Nc3ccc(-c4ccccc4)cc3)ccc2-c2c1sc1ccccc21. The zero-order valence-corrected chi connectivity index (χ0v) is 18.5. The summed E-state index contributed by atoms with van der Waals surface area (Å²) < 4.78 is 1.38. The Morgan fingerprint density at radius 1 is 0.677 bits per heavy atom. The second kappa shape index (κ2) is 6.83. The van der Waals surface area contributed by atoms with Crippen LogP contribution in [0, 0.1) is 0 Å². The molecule has 1 aromatic heterocycles. The van der Waals surface area contributed by atoms with Gasteiger partial charge in [0.05, 0.1) is 0 Å². The third kappa shape index (κ3) is 2.90. The van der Waals surface area contributed by atoms with Crippen molar-refractivity contribution in [2.75, 3.05) is 5.32 Å². The number of rotatable bonds is 3. The van der Waals surface area contributed by atoms with E-state index in [0.29, 0.717) is 0 Å². The largest absolute Gasteiger partial charge is 0.356 e. The van der Waals surface area contributed by atoms with Crippen LogP contribution < -0.4 is 5.32 Å². The Kier molecular flexibility index (Phi) is 4.06. The van der Waals surface area contributed by atoms with Gasteiger partial charge in [0, 0.05) is 37.3 Å². The van der Waals surface area contributed by atoms with Gasteiger partial charge in [-0.1, -0.05) is 80.6 Å². The van der Waals surface area contributed by atoms with Crippen LogP contribution in [0.1, 0.15) is 24.3 Å². The van der Waals surface area contributed by atoms with Gasteiger partial charge in [-0.05, 0) is 52.6 Å². The van der Waals surface area contributed by atoms with Gasteiger partial charge in [0.25, 0.3) is 0 Å². The summed E-state index contributed by atoms with van der Waals surface area (Å²) >= 11 is 1.94. The molecule has 0 spiro atoms. The minimum Gasteiger partial charge on any atom is -0.356 e. The van der Waals surface area contributed by atoms with Gasteiger partial charge in [-0.15, -0.1) is 11.3 Å². The van der Waals surface area contributed by atoms with E-state index in [1.807, 2.05) is 11.3 Å². The Bertz CT molecular complexity index is 1410. The highest BCUT2D eigenvalue weighted by Crippen LogP contribution is 2.55. The molecular formula is C29H23NS. The summed E-state index contributed by atoms with van der Waals surface area (Å²) in [5, 5.41) is 4.99. The van der Waals surface area contributed by atoms with E-state index in [1.54, 1.807) is 0 Å². The van der Waals surface area contributed by atoms with E-state index < -0.39 is 0 Å². The summed E-state index contributed by atoms with van der Waals surface area (Å²) in [4.78, 5) is 1.48. The van der Waals surface area contributed by atoms with E-state index >= 15 is 0 Å². The fourth-order valence-electron chi connectivity index (χ4n) is 4.78. The molecule has 0 radical (unpaired) electrons. The van der Waals surface area contributed by atoms with Gasteiger partial charge >= 0.3 is 0 Å². The topological polar surface area (TPSA) is 12.0 Å². The molecule has 0 amide bonds. The van der Waals surface area contributed by atoms with E-state index in [1.165, 1.54) is 42.8 Å². The summed E-state index contributed by atoms with van der Waals surface area (Å²) in [6.45, 7) is 4.71. The van der Waals surface area contributed by atoms with E-state index in [2.05, 4.69) is 116 Å². The molecule has 6 rings (SSSR count). The van der Waals surface area contributed by atoms with Crippen molar-refractivity contribution in [3.63, 3.8) is 0 Å². The fourth-order valence-corrected chi connectivity index (χ4v) is 6.11. The van der Waals surface area contributed by atoms with Gasteiger partial charge < -0.3 is 5.32 Å². The van der Waals surface area contributed by atoms with E-state index in [0.717, 1.165) is 11.4 Å². The highest BCUT2D eigenvalue weighted by molar-refractivity contribution is 7.20. The third-order valence-corrected chi connectivity index (χ3v) is 7.90. The molecule has 0 atom stereocenters. The van der Waals surface area contributed by atoms with Crippen molar-refractivity contribution < 1.29 is 0 Å². The second-order valence-electron chi connectivity index (χ2n) is 8.76. The summed E-state index contributed by atoms with van der Waals surface area (Å²) in [5.74, 6) is 0. The number of hydrogen-bond donors (Lipinski definition) is 1. The average Bonchev–Trinajstić information content (AvgIpc) is 3.29.